The van der Waals surface area contributed by atoms with Crippen LogP contribution in [0.3, 0.4) is 0 Å². The van der Waals surface area contributed by atoms with E-state index in [1.807, 2.05) is 42.5 Å². The Kier molecular flexibility index (Phi) is 8.15. The number of piperidine rings is 1. The monoisotopic (exact) mass is 490 g/mol. The molecule has 1 aromatic heterocycles. The Morgan fingerprint density at radius 1 is 0.889 bits per heavy atom. The average molecular weight is 491 g/mol. The molecule has 2 aliphatic rings. The number of hydrogen-bond donors (Lipinski definition) is 0. The van der Waals surface area contributed by atoms with Crippen molar-refractivity contribution in [2.24, 2.45) is 5.92 Å². The fourth-order valence-corrected chi connectivity index (χ4v) is 5.11. The first-order valence-corrected chi connectivity index (χ1v) is 13.2. The smallest absolute Gasteiger partial charge is 0.350 e. The summed E-state index contributed by atoms with van der Waals surface area (Å²) in [4.78, 5) is 20.3. The highest BCUT2D eigenvalue weighted by Gasteiger charge is 2.21. The van der Waals surface area contributed by atoms with Crippen LogP contribution in [0.1, 0.15) is 18.4 Å². The summed E-state index contributed by atoms with van der Waals surface area (Å²) >= 11 is 0. The lowest BCUT2D eigenvalue weighted by atomic mass is 9.97. The van der Waals surface area contributed by atoms with E-state index >= 15 is 0 Å². The molecule has 0 atom stereocenters. The third-order valence-electron chi connectivity index (χ3n) is 7.51. The van der Waals surface area contributed by atoms with Crippen LogP contribution in [0.2, 0.25) is 0 Å². The molecule has 0 aliphatic carbocycles. The summed E-state index contributed by atoms with van der Waals surface area (Å²) in [5, 5.41) is 4.43. The summed E-state index contributed by atoms with van der Waals surface area (Å²) in [6, 6.07) is 18.3. The van der Waals surface area contributed by atoms with E-state index in [-0.39, 0.29) is 5.69 Å². The van der Waals surface area contributed by atoms with E-state index in [9.17, 15) is 4.79 Å². The van der Waals surface area contributed by atoms with Crippen molar-refractivity contribution in [3.05, 3.63) is 77.0 Å². The molecule has 8 nitrogen and oxygen atoms in total. The van der Waals surface area contributed by atoms with Gasteiger partial charge in [0.1, 0.15) is 18.7 Å². The molecule has 3 heterocycles. The van der Waals surface area contributed by atoms with Crippen molar-refractivity contribution in [2.75, 3.05) is 59.5 Å². The Bertz CT molecular complexity index is 1130. The summed E-state index contributed by atoms with van der Waals surface area (Å²) in [5.41, 5.74) is 2.10. The number of benzene rings is 2. The number of piperazine rings is 1. The number of rotatable bonds is 9. The van der Waals surface area contributed by atoms with E-state index in [0.29, 0.717) is 19.1 Å². The van der Waals surface area contributed by atoms with Crippen LogP contribution in [0.15, 0.2) is 65.7 Å². The number of nitrogens with zero attached hydrogens (tertiary/aromatic N) is 6. The number of likely N-dealkylation sites (tertiary alicyclic amines) is 1. The van der Waals surface area contributed by atoms with E-state index in [0.717, 1.165) is 76.6 Å². The predicted molar refractivity (Wildman–Crippen MR) is 142 cm³/mol. The van der Waals surface area contributed by atoms with Gasteiger partial charge >= 0.3 is 5.69 Å². The van der Waals surface area contributed by atoms with Crippen LogP contribution in [0, 0.1) is 5.92 Å². The lowest BCUT2D eigenvalue weighted by Gasteiger charge is -2.32. The third-order valence-corrected chi connectivity index (χ3v) is 7.51. The lowest BCUT2D eigenvalue weighted by Crippen LogP contribution is -2.43. The highest BCUT2D eigenvalue weighted by atomic mass is 16.5. The summed E-state index contributed by atoms with van der Waals surface area (Å²) in [7, 11) is 2.18. The van der Waals surface area contributed by atoms with Crippen LogP contribution in [-0.4, -0.2) is 88.5 Å². The lowest BCUT2D eigenvalue weighted by molar-refractivity contribution is 0.145. The zero-order valence-electron chi connectivity index (χ0n) is 21.3. The molecule has 3 aromatic rings. The molecule has 192 valence electrons. The number of hydrogen-bond acceptors (Lipinski definition) is 6. The number of aromatic nitrogens is 3. The minimum Gasteiger partial charge on any atom is -0.492 e. The Labute approximate surface area is 213 Å². The van der Waals surface area contributed by atoms with Gasteiger partial charge in [0.05, 0.1) is 5.69 Å². The van der Waals surface area contributed by atoms with Crippen molar-refractivity contribution in [3.8, 4) is 11.4 Å². The van der Waals surface area contributed by atoms with Gasteiger partial charge in [-0.2, -0.15) is 5.10 Å². The standard InChI is InChI=1S/C28H38N6O2/c1-30-15-17-32(18-16-30)21-24-7-9-26(10-8-24)33-23-29-34(28(33)35)22-25-11-13-31(14-12-25)19-20-36-27-5-3-2-4-6-27/h2-10,23,25H,11-22H2,1H3. The molecule has 2 aromatic carbocycles. The topological polar surface area (TPSA) is 58.8 Å². The largest absolute Gasteiger partial charge is 0.492 e. The Balaban J connectivity index is 1.09. The second-order valence-electron chi connectivity index (χ2n) is 10.2. The Morgan fingerprint density at radius 2 is 1.61 bits per heavy atom. The van der Waals surface area contributed by atoms with E-state index < -0.39 is 0 Å². The van der Waals surface area contributed by atoms with Crippen molar-refractivity contribution in [1.29, 1.82) is 0 Å². The van der Waals surface area contributed by atoms with E-state index in [4.69, 9.17) is 4.74 Å². The van der Waals surface area contributed by atoms with Gasteiger partial charge < -0.3 is 9.64 Å². The van der Waals surface area contributed by atoms with Gasteiger partial charge in [-0.05, 0) is 68.7 Å². The quantitative estimate of drug-likeness (QED) is 0.460. The van der Waals surface area contributed by atoms with Gasteiger partial charge in [0.2, 0.25) is 0 Å². The van der Waals surface area contributed by atoms with Gasteiger partial charge in [-0.15, -0.1) is 0 Å². The molecule has 0 bridgehead atoms. The van der Waals surface area contributed by atoms with Gasteiger partial charge in [-0.3, -0.25) is 9.80 Å². The molecule has 0 N–H and O–H groups in total. The minimum atomic E-state index is -0.0551. The molecule has 0 unspecified atom stereocenters. The molecule has 2 saturated heterocycles. The summed E-state index contributed by atoms with van der Waals surface area (Å²) < 4.78 is 9.14. The minimum absolute atomic E-state index is 0.0551. The molecule has 0 spiro atoms. The van der Waals surface area contributed by atoms with Crippen molar-refractivity contribution in [2.45, 2.75) is 25.9 Å². The molecule has 5 rings (SSSR count). The van der Waals surface area contributed by atoms with Gasteiger partial charge in [0.25, 0.3) is 0 Å². The van der Waals surface area contributed by atoms with Crippen LogP contribution in [-0.2, 0) is 13.1 Å². The van der Waals surface area contributed by atoms with Gasteiger partial charge in [0, 0.05) is 45.8 Å². The van der Waals surface area contributed by atoms with Gasteiger partial charge in [0.15, 0.2) is 0 Å². The maximum Gasteiger partial charge on any atom is 0.350 e. The van der Waals surface area contributed by atoms with Crippen LogP contribution in [0.25, 0.3) is 5.69 Å². The molecule has 8 heteroatoms. The van der Waals surface area contributed by atoms with Gasteiger partial charge in [-0.1, -0.05) is 30.3 Å². The fourth-order valence-electron chi connectivity index (χ4n) is 5.11. The fraction of sp³-hybridized carbons (Fsp3) is 0.500. The average Bonchev–Trinajstić information content (AvgIpc) is 3.27. The Hall–Kier alpha value is -2.94. The molecule has 0 saturated carbocycles. The first-order valence-electron chi connectivity index (χ1n) is 13.2. The predicted octanol–water partition coefficient (Wildman–Crippen LogP) is 2.57. The zero-order chi connectivity index (χ0) is 24.7. The van der Waals surface area contributed by atoms with Crippen LogP contribution >= 0.6 is 0 Å². The second-order valence-corrected chi connectivity index (χ2v) is 10.2. The molecule has 36 heavy (non-hydrogen) atoms. The third kappa shape index (κ3) is 6.43. The van der Waals surface area contributed by atoms with E-state index in [1.165, 1.54) is 5.56 Å². The summed E-state index contributed by atoms with van der Waals surface area (Å²) in [6.45, 7) is 9.79. The summed E-state index contributed by atoms with van der Waals surface area (Å²) in [5.74, 6) is 1.40. The van der Waals surface area contributed by atoms with Crippen molar-refractivity contribution in [3.63, 3.8) is 0 Å². The number of likely N-dealkylation sites (N-methyl/N-ethyl adjacent to an activating group) is 1. The second kappa shape index (κ2) is 11.9. The van der Waals surface area contributed by atoms with Crippen LogP contribution in [0.4, 0.5) is 0 Å². The molecular weight excluding hydrogens is 452 g/mol. The molecular formula is C28H38N6O2. The van der Waals surface area contributed by atoms with Crippen molar-refractivity contribution in [1.82, 2.24) is 29.0 Å². The molecule has 0 amide bonds. The molecule has 2 fully saturated rings. The Morgan fingerprint density at radius 3 is 2.33 bits per heavy atom. The first kappa shape index (κ1) is 24.7. The highest BCUT2D eigenvalue weighted by Crippen LogP contribution is 2.19. The summed E-state index contributed by atoms with van der Waals surface area (Å²) in [6.07, 6.45) is 3.81. The normalized spacial score (nSPS) is 18.5. The van der Waals surface area contributed by atoms with Crippen LogP contribution < -0.4 is 10.4 Å². The van der Waals surface area contributed by atoms with E-state index in [2.05, 4.69) is 39.0 Å². The van der Waals surface area contributed by atoms with Crippen molar-refractivity contribution < 1.29 is 4.74 Å². The highest BCUT2D eigenvalue weighted by molar-refractivity contribution is 5.34. The molecule has 0 radical (unpaired) electrons. The number of ether oxygens (including phenoxy) is 1. The maximum absolute atomic E-state index is 13.0. The van der Waals surface area contributed by atoms with Gasteiger partial charge in [-0.25, -0.2) is 14.0 Å². The number of para-hydroxylation sites is 1. The SMILES string of the molecule is CN1CCN(Cc2ccc(-n3cnn(CC4CCN(CCOc5ccccc5)CC4)c3=O)cc2)CC1. The maximum atomic E-state index is 13.0. The van der Waals surface area contributed by atoms with E-state index in [1.54, 1.807) is 15.6 Å². The molecule has 2 aliphatic heterocycles. The first-order chi connectivity index (χ1) is 17.6. The van der Waals surface area contributed by atoms with Crippen LogP contribution in [0.5, 0.6) is 5.75 Å². The van der Waals surface area contributed by atoms with Crippen molar-refractivity contribution >= 4 is 0 Å². The zero-order valence-corrected chi connectivity index (χ0v) is 21.3.